The van der Waals surface area contributed by atoms with Crippen LogP contribution in [0, 0.1) is 17.6 Å². The molecule has 2 heterocycles. The zero-order valence-corrected chi connectivity index (χ0v) is 14.9. The summed E-state index contributed by atoms with van der Waals surface area (Å²) in [5.74, 6) is -1.76. The normalized spacial score (nSPS) is 23.2. The van der Waals surface area contributed by atoms with E-state index in [-0.39, 0.29) is 36.3 Å². The Morgan fingerprint density at radius 2 is 2.19 bits per heavy atom. The van der Waals surface area contributed by atoms with Crippen LogP contribution >= 0.6 is 0 Å². The smallest absolute Gasteiger partial charge is 0.322 e. The molecule has 2 unspecified atom stereocenters. The van der Waals surface area contributed by atoms with Crippen LogP contribution in [0.4, 0.5) is 19.3 Å². The monoisotopic (exact) mass is 373 g/mol. The number of carbonyl (C=O) groups is 2. The summed E-state index contributed by atoms with van der Waals surface area (Å²) in [6.45, 7) is 4.11. The van der Waals surface area contributed by atoms with Gasteiger partial charge in [-0.1, -0.05) is 17.7 Å². The van der Waals surface area contributed by atoms with E-state index >= 15 is 0 Å². The molecule has 0 radical (unpaired) electrons. The van der Waals surface area contributed by atoms with Gasteiger partial charge in [-0.2, -0.15) is 0 Å². The average Bonchev–Trinajstić information content (AvgIpc) is 3.25. The average molecular weight is 373 g/mol. The Kier molecular flexibility index (Phi) is 4.45. The van der Waals surface area contributed by atoms with Crippen LogP contribution in [0.15, 0.2) is 36.4 Å². The van der Waals surface area contributed by atoms with Gasteiger partial charge >= 0.3 is 6.03 Å². The zero-order valence-electron chi connectivity index (χ0n) is 14.9. The fourth-order valence-electron chi connectivity index (χ4n) is 4.25. The third kappa shape index (κ3) is 3.11. The van der Waals surface area contributed by atoms with E-state index in [1.165, 1.54) is 16.5 Å². The van der Waals surface area contributed by atoms with Gasteiger partial charge in [0.1, 0.15) is 6.54 Å². The molecule has 7 heteroatoms. The Bertz CT molecular complexity index is 852. The highest BCUT2D eigenvalue weighted by atomic mass is 19.2. The van der Waals surface area contributed by atoms with Crippen LogP contribution in [0.2, 0.25) is 0 Å². The molecule has 3 amide bonds. The second-order valence-electron chi connectivity index (χ2n) is 7.30. The first kappa shape index (κ1) is 17.7. The van der Waals surface area contributed by atoms with E-state index in [1.54, 1.807) is 0 Å². The van der Waals surface area contributed by atoms with Crippen LogP contribution in [-0.4, -0.2) is 40.9 Å². The molecule has 0 spiro atoms. The van der Waals surface area contributed by atoms with Gasteiger partial charge in [-0.25, -0.2) is 13.6 Å². The number of anilines is 1. The minimum atomic E-state index is -0.986. The molecule has 142 valence electrons. The van der Waals surface area contributed by atoms with Crippen molar-refractivity contribution in [1.29, 1.82) is 0 Å². The topological polar surface area (TPSA) is 52.7 Å². The van der Waals surface area contributed by atoms with Crippen molar-refractivity contribution < 1.29 is 18.4 Å². The molecule has 0 aromatic heterocycles. The molecule has 1 fully saturated rings. The fourth-order valence-corrected chi connectivity index (χ4v) is 4.25. The number of benzene rings is 1. The minimum absolute atomic E-state index is 0.0666. The number of nitrogens with one attached hydrogen (secondary N) is 1. The van der Waals surface area contributed by atoms with E-state index in [0.29, 0.717) is 12.5 Å². The van der Waals surface area contributed by atoms with Gasteiger partial charge in [0.25, 0.3) is 0 Å². The van der Waals surface area contributed by atoms with Gasteiger partial charge in [0.05, 0.1) is 18.3 Å². The molecule has 2 atom stereocenters. The molecule has 1 N–H and O–H groups in total. The van der Waals surface area contributed by atoms with E-state index in [0.717, 1.165) is 25.3 Å². The van der Waals surface area contributed by atoms with E-state index in [4.69, 9.17) is 0 Å². The number of carbonyl (C=O) groups excluding carboxylic acids is 2. The first-order valence-electron chi connectivity index (χ1n) is 9.11. The minimum Gasteiger partial charge on any atom is -0.334 e. The summed E-state index contributed by atoms with van der Waals surface area (Å²) >= 11 is 0. The van der Waals surface area contributed by atoms with E-state index < -0.39 is 17.7 Å². The summed E-state index contributed by atoms with van der Waals surface area (Å²) in [6, 6.07) is 1.92. The first-order chi connectivity index (χ1) is 13.0. The van der Waals surface area contributed by atoms with Gasteiger partial charge < -0.3 is 15.1 Å². The second-order valence-corrected chi connectivity index (χ2v) is 7.30. The lowest BCUT2D eigenvalue weighted by Crippen LogP contribution is -2.48. The number of nitrogens with zero attached hydrogens (tertiary/aromatic N) is 2. The molecule has 2 aliphatic heterocycles. The molecular weight excluding hydrogens is 352 g/mol. The van der Waals surface area contributed by atoms with E-state index in [1.807, 2.05) is 11.0 Å². The van der Waals surface area contributed by atoms with Crippen LogP contribution < -0.4 is 5.32 Å². The maximum Gasteiger partial charge on any atom is 0.322 e. The number of urea groups is 1. The standard InChI is InChI=1S/C20H21F2N3O2/c1-2-3-4-13-7-12-8-17(13)25(9-12)18(26)11-24-10-14-16(23-20(24)27)6-5-15(21)19(14)22/h2,5-7,12,17H,1,3-4,8-11H2,(H,23,27). The van der Waals surface area contributed by atoms with Gasteiger partial charge in [-0.3, -0.25) is 4.79 Å². The summed E-state index contributed by atoms with van der Waals surface area (Å²) in [7, 11) is 0. The summed E-state index contributed by atoms with van der Waals surface area (Å²) in [5.41, 5.74) is 1.57. The number of hydrogen-bond donors (Lipinski definition) is 1. The lowest BCUT2D eigenvalue weighted by molar-refractivity contribution is -0.132. The molecule has 2 bridgehead atoms. The molecule has 1 aromatic rings. The predicted molar refractivity (Wildman–Crippen MR) is 96.9 cm³/mol. The molecule has 1 aliphatic carbocycles. The first-order valence-corrected chi connectivity index (χ1v) is 9.11. The summed E-state index contributed by atoms with van der Waals surface area (Å²) in [6.07, 6.45) is 6.79. The maximum atomic E-state index is 14.1. The molecule has 3 aliphatic rings. The number of rotatable bonds is 5. The van der Waals surface area contributed by atoms with Crippen LogP contribution in [0.1, 0.15) is 24.8 Å². The summed E-state index contributed by atoms with van der Waals surface area (Å²) in [5, 5.41) is 2.53. The predicted octanol–water partition coefficient (Wildman–Crippen LogP) is 3.44. The Labute approximate surface area is 156 Å². The zero-order chi connectivity index (χ0) is 19.1. The summed E-state index contributed by atoms with van der Waals surface area (Å²) < 4.78 is 27.5. The quantitative estimate of drug-likeness (QED) is 0.804. The maximum absolute atomic E-state index is 14.1. The number of likely N-dealkylation sites (tertiary alicyclic amines) is 1. The molecular formula is C20H21F2N3O2. The highest BCUT2D eigenvalue weighted by Crippen LogP contribution is 2.39. The highest BCUT2D eigenvalue weighted by molar-refractivity contribution is 5.95. The van der Waals surface area contributed by atoms with Gasteiger partial charge in [-0.15, -0.1) is 6.58 Å². The number of allylic oxidation sites excluding steroid dienone is 1. The molecule has 5 nitrogen and oxygen atoms in total. The van der Waals surface area contributed by atoms with Crippen LogP contribution in [-0.2, 0) is 11.3 Å². The third-order valence-corrected chi connectivity index (χ3v) is 5.57. The molecule has 27 heavy (non-hydrogen) atoms. The van der Waals surface area contributed by atoms with Crippen molar-refractivity contribution in [2.24, 2.45) is 5.92 Å². The van der Waals surface area contributed by atoms with Crippen molar-refractivity contribution >= 4 is 17.6 Å². The SMILES string of the molecule is C=CCCC1=CC2CC1N(C(=O)CN1Cc3c(ccc(F)c3F)NC1=O)C2. The van der Waals surface area contributed by atoms with Crippen molar-refractivity contribution in [3.8, 4) is 0 Å². The van der Waals surface area contributed by atoms with Crippen molar-refractivity contribution in [3.05, 3.63) is 53.6 Å². The summed E-state index contributed by atoms with van der Waals surface area (Å²) in [4.78, 5) is 28.1. The molecule has 1 aromatic carbocycles. The Balaban J connectivity index is 1.46. The second kappa shape index (κ2) is 6.79. The van der Waals surface area contributed by atoms with E-state index in [9.17, 15) is 18.4 Å². The number of amides is 3. The number of halogens is 2. The lowest BCUT2D eigenvalue weighted by Gasteiger charge is -2.33. The van der Waals surface area contributed by atoms with Crippen LogP contribution in [0.5, 0.6) is 0 Å². The Hall–Kier alpha value is -2.70. The lowest BCUT2D eigenvalue weighted by atomic mass is 10.0. The highest BCUT2D eigenvalue weighted by Gasteiger charge is 2.41. The van der Waals surface area contributed by atoms with Gasteiger partial charge in [0.2, 0.25) is 5.91 Å². The van der Waals surface area contributed by atoms with Crippen molar-refractivity contribution in [2.45, 2.75) is 31.8 Å². The van der Waals surface area contributed by atoms with Crippen LogP contribution in [0.25, 0.3) is 0 Å². The van der Waals surface area contributed by atoms with E-state index in [2.05, 4.69) is 18.0 Å². The number of fused-ring (bicyclic) bond motifs is 3. The number of hydrogen-bond acceptors (Lipinski definition) is 2. The van der Waals surface area contributed by atoms with Crippen molar-refractivity contribution in [2.75, 3.05) is 18.4 Å². The Morgan fingerprint density at radius 1 is 1.37 bits per heavy atom. The van der Waals surface area contributed by atoms with Gasteiger partial charge in [0, 0.05) is 12.1 Å². The molecule has 0 saturated carbocycles. The van der Waals surface area contributed by atoms with Crippen molar-refractivity contribution in [3.63, 3.8) is 0 Å². The molecule has 4 rings (SSSR count). The fraction of sp³-hybridized carbons (Fsp3) is 0.400. The van der Waals surface area contributed by atoms with Crippen molar-refractivity contribution in [1.82, 2.24) is 9.80 Å². The van der Waals surface area contributed by atoms with Crippen LogP contribution in [0.3, 0.4) is 0 Å². The third-order valence-electron chi connectivity index (χ3n) is 5.57. The van der Waals surface area contributed by atoms with Gasteiger partial charge in [-0.05, 0) is 37.3 Å². The van der Waals surface area contributed by atoms with Gasteiger partial charge in [0.15, 0.2) is 11.6 Å². The molecule has 1 saturated heterocycles. The Morgan fingerprint density at radius 3 is 2.93 bits per heavy atom. The largest absolute Gasteiger partial charge is 0.334 e.